The molecular weight excluding hydrogens is 314 g/mol. The van der Waals surface area contributed by atoms with Crippen molar-refractivity contribution >= 4 is 5.65 Å². The molecule has 4 rings (SSSR count). The highest BCUT2D eigenvalue weighted by atomic mass is 16.5. The highest BCUT2D eigenvalue weighted by Gasteiger charge is 2.34. The molecule has 0 unspecified atom stereocenters. The summed E-state index contributed by atoms with van der Waals surface area (Å²) >= 11 is 0. The summed E-state index contributed by atoms with van der Waals surface area (Å²) in [6, 6.07) is 4.18. The first kappa shape index (κ1) is 16.3. The van der Waals surface area contributed by atoms with Crippen molar-refractivity contribution < 1.29 is 4.74 Å². The van der Waals surface area contributed by atoms with Gasteiger partial charge in [-0.15, -0.1) is 0 Å². The first-order valence-electron chi connectivity index (χ1n) is 8.76. The van der Waals surface area contributed by atoms with Gasteiger partial charge in [-0.2, -0.15) is 5.10 Å². The molecule has 3 aromatic heterocycles. The molecule has 1 saturated heterocycles. The smallest absolute Gasteiger partial charge is 0.136 e. The molecule has 1 fully saturated rings. The number of pyridine rings is 1. The number of aromatic nitrogens is 4. The largest absolute Gasteiger partial charge is 0.384 e. The number of methoxy groups -OCH3 is 1. The van der Waals surface area contributed by atoms with Crippen LogP contribution in [0.25, 0.3) is 5.65 Å². The van der Waals surface area contributed by atoms with Crippen molar-refractivity contribution in [1.82, 2.24) is 24.1 Å². The van der Waals surface area contributed by atoms with Crippen molar-refractivity contribution in [3.63, 3.8) is 0 Å². The summed E-state index contributed by atoms with van der Waals surface area (Å²) in [5.74, 6) is 0.963. The molecule has 0 N–H and O–H groups in total. The molecule has 0 aliphatic carbocycles. The van der Waals surface area contributed by atoms with Gasteiger partial charge in [0.25, 0.3) is 0 Å². The van der Waals surface area contributed by atoms with Crippen molar-refractivity contribution in [2.24, 2.45) is 13.0 Å². The standard InChI is InChI=1S/C19H25N5O/c1-14-4-5-19-20-7-17(24(19)8-14)11-23-10-16(13-25-3)18(12-23)15-6-21-22(2)9-15/h4-9,16,18H,10-13H2,1-3H3/t16-,18-/m0/s1. The van der Waals surface area contributed by atoms with Gasteiger partial charge in [0.2, 0.25) is 0 Å². The van der Waals surface area contributed by atoms with Crippen LogP contribution >= 0.6 is 0 Å². The number of ether oxygens (including phenoxy) is 1. The van der Waals surface area contributed by atoms with Crippen LogP contribution in [0.3, 0.4) is 0 Å². The van der Waals surface area contributed by atoms with Gasteiger partial charge >= 0.3 is 0 Å². The molecule has 0 amide bonds. The van der Waals surface area contributed by atoms with Crippen LogP contribution in [-0.4, -0.2) is 50.9 Å². The Hall–Kier alpha value is -2.18. The minimum Gasteiger partial charge on any atom is -0.384 e. The van der Waals surface area contributed by atoms with Gasteiger partial charge < -0.3 is 9.14 Å². The van der Waals surface area contributed by atoms with Crippen LogP contribution in [0.15, 0.2) is 36.9 Å². The monoisotopic (exact) mass is 339 g/mol. The number of rotatable bonds is 5. The number of fused-ring (bicyclic) bond motifs is 1. The molecule has 1 aliphatic heterocycles. The van der Waals surface area contributed by atoms with E-state index in [9.17, 15) is 0 Å². The summed E-state index contributed by atoms with van der Waals surface area (Å²) in [6.07, 6.45) is 8.29. The SMILES string of the molecule is COC[C@@H]1CN(Cc2cnc3ccc(C)cn23)C[C@H]1c1cnn(C)c1. The molecule has 0 radical (unpaired) electrons. The molecule has 3 aromatic rings. The topological polar surface area (TPSA) is 47.6 Å². The number of nitrogens with zero attached hydrogens (tertiary/aromatic N) is 5. The third-order valence-corrected chi connectivity index (χ3v) is 5.17. The Bertz CT molecular complexity index is 868. The van der Waals surface area contributed by atoms with Crippen molar-refractivity contribution in [3.05, 3.63) is 53.7 Å². The van der Waals surface area contributed by atoms with Gasteiger partial charge in [0, 0.05) is 58.0 Å². The zero-order valence-corrected chi connectivity index (χ0v) is 15.1. The number of imidazole rings is 1. The highest BCUT2D eigenvalue weighted by Crippen LogP contribution is 2.33. The Labute approximate surface area is 148 Å². The Kier molecular flexibility index (Phi) is 4.31. The summed E-state index contributed by atoms with van der Waals surface area (Å²) in [7, 11) is 3.76. The summed E-state index contributed by atoms with van der Waals surface area (Å²) in [6.45, 7) is 5.86. The van der Waals surface area contributed by atoms with Crippen LogP contribution in [0.1, 0.15) is 22.7 Å². The molecule has 1 aliphatic rings. The predicted octanol–water partition coefficient (Wildman–Crippen LogP) is 2.24. The summed E-state index contributed by atoms with van der Waals surface area (Å²) in [5.41, 5.74) is 4.80. The minimum atomic E-state index is 0.467. The van der Waals surface area contributed by atoms with Crippen molar-refractivity contribution in [2.45, 2.75) is 19.4 Å². The third-order valence-electron chi connectivity index (χ3n) is 5.17. The van der Waals surface area contributed by atoms with E-state index in [2.05, 4.69) is 50.8 Å². The quantitative estimate of drug-likeness (QED) is 0.715. The maximum absolute atomic E-state index is 5.48. The Morgan fingerprint density at radius 1 is 1.20 bits per heavy atom. The Balaban J connectivity index is 1.55. The van der Waals surface area contributed by atoms with E-state index in [0.29, 0.717) is 11.8 Å². The molecule has 0 saturated carbocycles. The fourth-order valence-corrected chi connectivity index (χ4v) is 3.97. The minimum absolute atomic E-state index is 0.467. The van der Waals surface area contributed by atoms with E-state index in [1.54, 1.807) is 7.11 Å². The molecule has 0 bridgehead atoms. The summed E-state index contributed by atoms with van der Waals surface area (Å²) < 4.78 is 9.57. The molecule has 132 valence electrons. The molecule has 6 nitrogen and oxygen atoms in total. The second-order valence-corrected chi connectivity index (χ2v) is 7.15. The summed E-state index contributed by atoms with van der Waals surface area (Å²) in [4.78, 5) is 7.04. The van der Waals surface area contributed by atoms with Crippen molar-refractivity contribution in [2.75, 3.05) is 26.8 Å². The average Bonchev–Trinajstić information content (AvgIpc) is 3.28. The number of hydrogen-bond acceptors (Lipinski definition) is 4. The van der Waals surface area contributed by atoms with Gasteiger partial charge in [-0.05, 0) is 24.1 Å². The predicted molar refractivity (Wildman–Crippen MR) is 96.5 cm³/mol. The van der Waals surface area contributed by atoms with Gasteiger partial charge in [0.15, 0.2) is 0 Å². The Morgan fingerprint density at radius 2 is 2.08 bits per heavy atom. The number of aryl methyl sites for hydroxylation is 2. The van der Waals surface area contributed by atoms with Crippen LogP contribution in [-0.2, 0) is 18.3 Å². The lowest BCUT2D eigenvalue weighted by atomic mass is 9.92. The van der Waals surface area contributed by atoms with E-state index in [4.69, 9.17) is 4.74 Å². The zero-order valence-electron chi connectivity index (χ0n) is 15.1. The van der Waals surface area contributed by atoms with Gasteiger partial charge in [-0.25, -0.2) is 4.98 Å². The normalized spacial score (nSPS) is 21.4. The van der Waals surface area contributed by atoms with E-state index >= 15 is 0 Å². The van der Waals surface area contributed by atoms with Gasteiger partial charge in [0.1, 0.15) is 5.65 Å². The van der Waals surface area contributed by atoms with E-state index in [1.165, 1.54) is 16.8 Å². The van der Waals surface area contributed by atoms with E-state index in [-0.39, 0.29) is 0 Å². The van der Waals surface area contributed by atoms with Gasteiger partial charge in [-0.3, -0.25) is 9.58 Å². The number of hydrogen-bond donors (Lipinski definition) is 0. The maximum atomic E-state index is 5.48. The van der Waals surface area contributed by atoms with E-state index < -0.39 is 0 Å². The van der Waals surface area contributed by atoms with Crippen LogP contribution in [0.5, 0.6) is 0 Å². The van der Waals surface area contributed by atoms with E-state index in [1.807, 2.05) is 24.1 Å². The molecule has 4 heterocycles. The van der Waals surface area contributed by atoms with Crippen LogP contribution in [0, 0.1) is 12.8 Å². The molecule has 25 heavy (non-hydrogen) atoms. The van der Waals surface area contributed by atoms with Crippen LogP contribution in [0.4, 0.5) is 0 Å². The fraction of sp³-hybridized carbons (Fsp3) is 0.474. The first-order chi connectivity index (χ1) is 12.1. The Morgan fingerprint density at radius 3 is 2.84 bits per heavy atom. The summed E-state index contributed by atoms with van der Waals surface area (Å²) in [5, 5.41) is 4.35. The molecular formula is C19H25N5O. The number of likely N-dealkylation sites (tertiary alicyclic amines) is 1. The van der Waals surface area contributed by atoms with Crippen molar-refractivity contribution in [1.29, 1.82) is 0 Å². The molecule has 0 spiro atoms. The van der Waals surface area contributed by atoms with Crippen molar-refractivity contribution in [3.8, 4) is 0 Å². The maximum Gasteiger partial charge on any atom is 0.136 e. The first-order valence-corrected chi connectivity index (χ1v) is 8.76. The average molecular weight is 339 g/mol. The highest BCUT2D eigenvalue weighted by molar-refractivity contribution is 5.41. The second kappa shape index (κ2) is 6.61. The van der Waals surface area contributed by atoms with Gasteiger partial charge in [0.05, 0.1) is 24.7 Å². The third kappa shape index (κ3) is 3.19. The second-order valence-electron chi connectivity index (χ2n) is 7.15. The lowest BCUT2D eigenvalue weighted by Gasteiger charge is -2.15. The lowest BCUT2D eigenvalue weighted by Crippen LogP contribution is -2.22. The molecule has 2 atom stereocenters. The van der Waals surface area contributed by atoms with Crippen LogP contribution < -0.4 is 0 Å². The fourth-order valence-electron chi connectivity index (χ4n) is 3.97. The van der Waals surface area contributed by atoms with Gasteiger partial charge in [-0.1, -0.05) is 6.07 Å². The van der Waals surface area contributed by atoms with E-state index in [0.717, 1.165) is 31.9 Å². The lowest BCUT2D eigenvalue weighted by molar-refractivity contribution is 0.147. The molecule has 6 heteroatoms. The van der Waals surface area contributed by atoms with Crippen LogP contribution in [0.2, 0.25) is 0 Å². The molecule has 0 aromatic carbocycles. The zero-order chi connectivity index (χ0) is 17.4.